The number of rotatable bonds is 4. The molecule has 1 aromatic carbocycles. The molecule has 94 valence electrons. The molecule has 1 aromatic heterocycles. The van der Waals surface area contributed by atoms with Crippen LogP contribution in [0.25, 0.3) is 11.1 Å². The van der Waals surface area contributed by atoms with Crippen LogP contribution in [0.1, 0.15) is 29.4 Å². The maximum absolute atomic E-state index is 11.1. The van der Waals surface area contributed by atoms with Gasteiger partial charge in [-0.05, 0) is 31.0 Å². The predicted octanol–water partition coefficient (Wildman–Crippen LogP) is 3.73. The minimum atomic E-state index is 0.569. The lowest BCUT2D eigenvalue weighted by Crippen LogP contribution is -1.96. The quantitative estimate of drug-likeness (QED) is 0.787. The van der Waals surface area contributed by atoms with Crippen molar-refractivity contribution < 1.29 is 4.79 Å². The van der Waals surface area contributed by atoms with Gasteiger partial charge in [0.2, 0.25) is 0 Å². The molecule has 0 fully saturated rings. The van der Waals surface area contributed by atoms with Gasteiger partial charge in [0, 0.05) is 28.9 Å². The molecule has 3 nitrogen and oxygen atoms in total. The van der Waals surface area contributed by atoms with Crippen LogP contribution >= 0.6 is 11.6 Å². The number of aryl methyl sites for hydroxylation is 2. The second-order valence-corrected chi connectivity index (χ2v) is 4.68. The topological polar surface area (TPSA) is 34.9 Å². The van der Waals surface area contributed by atoms with Crippen LogP contribution in [0.4, 0.5) is 0 Å². The maximum Gasteiger partial charge on any atom is 0.150 e. The van der Waals surface area contributed by atoms with Gasteiger partial charge in [0.25, 0.3) is 0 Å². The minimum Gasteiger partial charge on any atom is -0.298 e. The number of hydrogen-bond acceptors (Lipinski definition) is 2. The molecule has 0 saturated heterocycles. The summed E-state index contributed by atoms with van der Waals surface area (Å²) in [6.45, 7) is 4.94. The van der Waals surface area contributed by atoms with Crippen LogP contribution in [0.2, 0.25) is 5.02 Å². The molecule has 0 unspecified atom stereocenters. The fraction of sp³-hybridized carbons (Fsp3) is 0.286. The van der Waals surface area contributed by atoms with Crippen LogP contribution in [0, 0.1) is 6.92 Å². The van der Waals surface area contributed by atoms with Crippen molar-refractivity contribution in [3.8, 4) is 11.1 Å². The number of nitrogens with zero attached hydrogens (tertiary/aromatic N) is 2. The molecular formula is C14H15ClN2O. The lowest BCUT2D eigenvalue weighted by atomic mass is 10.0. The van der Waals surface area contributed by atoms with Crippen molar-refractivity contribution >= 4 is 17.9 Å². The first-order chi connectivity index (χ1) is 8.65. The Kier molecular flexibility index (Phi) is 3.82. The number of carbonyl (C=O) groups is 1. The summed E-state index contributed by atoms with van der Waals surface area (Å²) in [5.41, 5.74) is 3.40. The fourth-order valence-corrected chi connectivity index (χ4v) is 2.18. The second-order valence-electron chi connectivity index (χ2n) is 4.24. The summed E-state index contributed by atoms with van der Waals surface area (Å²) in [5, 5.41) is 5.01. The Bertz CT molecular complexity index is 575. The van der Waals surface area contributed by atoms with Crippen LogP contribution in [-0.4, -0.2) is 16.1 Å². The van der Waals surface area contributed by atoms with Gasteiger partial charge < -0.3 is 0 Å². The third kappa shape index (κ3) is 2.46. The molecule has 2 aromatic rings. The van der Waals surface area contributed by atoms with Crippen LogP contribution in [-0.2, 0) is 6.54 Å². The summed E-state index contributed by atoms with van der Waals surface area (Å²) in [4.78, 5) is 11.1. The summed E-state index contributed by atoms with van der Waals surface area (Å²) >= 11 is 5.90. The van der Waals surface area contributed by atoms with Crippen molar-refractivity contribution in [1.29, 1.82) is 0 Å². The lowest BCUT2D eigenvalue weighted by Gasteiger charge is -2.03. The van der Waals surface area contributed by atoms with E-state index in [1.165, 1.54) is 0 Å². The highest BCUT2D eigenvalue weighted by atomic mass is 35.5. The summed E-state index contributed by atoms with van der Waals surface area (Å²) in [6, 6.07) is 5.34. The third-order valence-corrected chi connectivity index (χ3v) is 3.06. The third-order valence-electron chi connectivity index (χ3n) is 2.83. The molecule has 18 heavy (non-hydrogen) atoms. The first kappa shape index (κ1) is 12.8. The lowest BCUT2D eigenvalue weighted by molar-refractivity contribution is 0.112. The van der Waals surface area contributed by atoms with Crippen molar-refractivity contribution in [2.75, 3.05) is 0 Å². The van der Waals surface area contributed by atoms with Crippen molar-refractivity contribution in [3.05, 3.63) is 40.7 Å². The first-order valence-electron chi connectivity index (χ1n) is 5.95. The van der Waals surface area contributed by atoms with E-state index < -0.39 is 0 Å². The molecule has 1 heterocycles. The molecule has 0 atom stereocenters. The van der Waals surface area contributed by atoms with E-state index in [0.717, 1.165) is 36.1 Å². The van der Waals surface area contributed by atoms with Crippen LogP contribution in [0.15, 0.2) is 24.4 Å². The Morgan fingerprint density at radius 2 is 2.17 bits per heavy atom. The number of hydrogen-bond donors (Lipinski definition) is 0. The van der Waals surface area contributed by atoms with Gasteiger partial charge in [-0.15, -0.1) is 0 Å². The summed E-state index contributed by atoms with van der Waals surface area (Å²) < 4.78 is 1.91. The van der Waals surface area contributed by atoms with Crippen molar-refractivity contribution in [2.24, 2.45) is 0 Å². The minimum absolute atomic E-state index is 0.569. The van der Waals surface area contributed by atoms with Gasteiger partial charge in [0.15, 0.2) is 6.29 Å². The molecule has 0 aliphatic carbocycles. The van der Waals surface area contributed by atoms with E-state index in [0.29, 0.717) is 10.6 Å². The van der Waals surface area contributed by atoms with E-state index in [1.54, 1.807) is 12.1 Å². The zero-order valence-electron chi connectivity index (χ0n) is 10.5. The smallest absolute Gasteiger partial charge is 0.150 e. The molecule has 2 rings (SSSR count). The Balaban J connectivity index is 2.51. The molecule has 0 radical (unpaired) electrons. The molecule has 0 aliphatic heterocycles. The molecule has 0 saturated carbocycles. The van der Waals surface area contributed by atoms with E-state index in [-0.39, 0.29) is 0 Å². The van der Waals surface area contributed by atoms with Crippen molar-refractivity contribution in [1.82, 2.24) is 9.78 Å². The van der Waals surface area contributed by atoms with E-state index in [1.807, 2.05) is 23.9 Å². The number of benzene rings is 1. The normalized spacial score (nSPS) is 10.6. The number of aromatic nitrogens is 2. The largest absolute Gasteiger partial charge is 0.298 e. The van der Waals surface area contributed by atoms with Crippen LogP contribution in [0.5, 0.6) is 0 Å². The van der Waals surface area contributed by atoms with Gasteiger partial charge in [-0.25, -0.2) is 0 Å². The summed E-state index contributed by atoms with van der Waals surface area (Å²) in [7, 11) is 0. The van der Waals surface area contributed by atoms with E-state index in [4.69, 9.17) is 11.6 Å². The van der Waals surface area contributed by atoms with Gasteiger partial charge in [-0.3, -0.25) is 9.48 Å². The van der Waals surface area contributed by atoms with E-state index >= 15 is 0 Å². The predicted molar refractivity (Wildman–Crippen MR) is 73.1 cm³/mol. The van der Waals surface area contributed by atoms with Crippen molar-refractivity contribution in [2.45, 2.75) is 26.8 Å². The number of aldehydes is 1. The van der Waals surface area contributed by atoms with E-state index in [9.17, 15) is 4.79 Å². The molecule has 0 aliphatic rings. The van der Waals surface area contributed by atoms with Gasteiger partial charge in [-0.1, -0.05) is 24.6 Å². The van der Waals surface area contributed by atoms with Gasteiger partial charge in [-0.2, -0.15) is 5.10 Å². The van der Waals surface area contributed by atoms with Crippen LogP contribution in [0.3, 0.4) is 0 Å². The molecule has 4 heteroatoms. The molecule has 0 bridgehead atoms. The molecule has 0 N–H and O–H groups in total. The summed E-state index contributed by atoms with van der Waals surface area (Å²) in [6.07, 6.45) is 3.84. The zero-order valence-corrected chi connectivity index (χ0v) is 11.2. The number of carbonyl (C=O) groups excluding carboxylic acids is 1. The highest BCUT2D eigenvalue weighted by Crippen LogP contribution is 2.27. The SMILES string of the molecule is CCCn1cc(-c2ccc(Cl)cc2C=O)c(C)n1. The highest BCUT2D eigenvalue weighted by molar-refractivity contribution is 6.31. The van der Waals surface area contributed by atoms with E-state index in [2.05, 4.69) is 12.0 Å². The summed E-state index contributed by atoms with van der Waals surface area (Å²) in [5.74, 6) is 0. The van der Waals surface area contributed by atoms with Gasteiger partial charge in [0.1, 0.15) is 0 Å². The maximum atomic E-state index is 11.1. The van der Waals surface area contributed by atoms with Crippen molar-refractivity contribution in [3.63, 3.8) is 0 Å². The Labute approximate surface area is 111 Å². The average molecular weight is 263 g/mol. The standard InChI is InChI=1S/C14H15ClN2O/c1-3-6-17-8-14(10(2)16-17)13-5-4-12(15)7-11(13)9-18/h4-5,7-9H,3,6H2,1-2H3. The number of halogens is 1. The Hall–Kier alpha value is -1.61. The highest BCUT2D eigenvalue weighted by Gasteiger charge is 2.11. The monoisotopic (exact) mass is 262 g/mol. The second kappa shape index (κ2) is 5.36. The average Bonchev–Trinajstić information content (AvgIpc) is 2.70. The van der Waals surface area contributed by atoms with Gasteiger partial charge >= 0.3 is 0 Å². The molecule has 0 spiro atoms. The fourth-order valence-electron chi connectivity index (χ4n) is 2.00. The Morgan fingerprint density at radius 3 is 2.83 bits per heavy atom. The van der Waals surface area contributed by atoms with Crippen LogP contribution < -0.4 is 0 Å². The zero-order chi connectivity index (χ0) is 13.1. The van der Waals surface area contributed by atoms with Gasteiger partial charge in [0.05, 0.1) is 5.69 Å². The molecular weight excluding hydrogens is 248 g/mol. The first-order valence-corrected chi connectivity index (χ1v) is 6.32. The Morgan fingerprint density at radius 1 is 1.39 bits per heavy atom. The molecule has 0 amide bonds.